The summed E-state index contributed by atoms with van der Waals surface area (Å²) in [6.45, 7) is 0.508. The third-order valence-electron chi connectivity index (χ3n) is 6.51. The van der Waals surface area contributed by atoms with Crippen molar-refractivity contribution >= 4 is 17.7 Å². The summed E-state index contributed by atoms with van der Waals surface area (Å²) in [5.41, 5.74) is -0.183. The summed E-state index contributed by atoms with van der Waals surface area (Å²) in [6, 6.07) is 3.79. The van der Waals surface area contributed by atoms with Crippen molar-refractivity contribution in [3.8, 4) is 11.5 Å². The second-order valence-electron chi connectivity index (χ2n) is 7.49. The Labute approximate surface area is 157 Å². The minimum Gasteiger partial charge on any atom is -0.493 e. The first-order chi connectivity index (χ1) is 12.9. The van der Waals surface area contributed by atoms with E-state index in [0.29, 0.717) is 37.3 Å². The number of carbonyl (C=O) groups excluding carboxylic acids is 3. The number of methoxy groups -OCH3 is 3. The van der Waals surface area contributed by atoms with Crippen molar-refractivity contribution in [2.24, 2.45) is 5.41 Å². The number of ether oxygens (including phenoxy) is 3. The van der Waals surface area contributed by atoms with Crippen LogP contribution < -0.4 is 9.47 Å². The van der Waals surface area contributed by atoms with Crippen molar-refractivity contribution in [2.45, 2.75) is 37.6 Å². The van der Waals surface area contributed by atoms with E-state index in [1.54, 1.807) is 19.1 Å². The van der Waals surface area contributed by atoms with Gasteiger partial charge >= 0.3 is 5.97 Å². The van der Waals surface area contributed by atoms with Crippen molar-refractivity contribution in [3.05, 3.63) is 23.3 Å². The molecule has 0 bridgehead atoms. The molecule has 1 saturated heterocycles. The van der Waals surface area contributed by atoms with Crippen molar-refractivity contribution in [1.82, 2.24) is 4.90 Å². The Morgan fingerprint density at radius 1 is 1.04 bits per heavy atom. The highest BCUT2D eigenvalue weighted by Gasteiger charge is 2.71. The second kappa shape index (κ2) is 5.97. The molecule has 1 saturated carbocycles. The molecule has 0 aromatic heterocycles. The molecule has 2 aliphatic heterocycles. The second-order valence-corrected chi connectivity index (χ2v) is 7.49. The summed E-state index contributed by atoms with van der Waals surface area (Å²) < 4.78 is 16.0. The minimum atomic E-state index is -1.19. The highest BCUT2D eigenvalue weighted by atomic mass is 16.5. The van der Waals surface area contributed by atoms with E-state index in [1.807, 2.05) is 12.1 Å². The summed E-state index contributed by atoms with van der Waals surface area (Å²) in [5, 5.41) is 0. The lowest BCUT2D eigenvalue weighted by Gasteiger charge is -2.53. The van der Waals surface area contributed by atoms with Crippen LogP contribution in [0.15, 0.2) is 12.1 Å². The average Bonchev–Trinajstić information content (AvgIpc) is 2.95. The van der Waals surface area contributed by atoms with Gasteiger partial charge in [0.1, 0.15) is 11.2 Å². The van der Waals surface area contributed by atoms with E-state index in [9.17, 15) is 14.4 Å². The minimum absolute atomic E-state index is 0.000796. The van der Waals surface area contributed by atoms with Crippen molar-refractivity contribution in [1.29, 1.82) is 0 Å². The van der Waals surface area contributed by atoms with Crippen LogP contribution in [0.25, 0.3) is 0 Å². The smallest absolute Gasteiger partial charge is 0.315 e. The van der Waals surface area contributed by atoms with Crippen LogP contribution in [0.1, 0.15) is 36.8 Å². The number of hydrogen-bond donors (Lipinski definition) is 0. The Morgan fingerprint density at radius 3 is 2.41 bits per heavy atom. The van der Waals surface area contributed by atoms with Crippen LogP contribution in [-0.2, 0) is 31.1 Å². The number of rotatable bonds is 3. The Balaban J connectivity index is 2.01. The molecule has 4 rings (SSSR count). The zero-order chi connectivity index (χ0) is 19.4. The number of benzene rings is 1. The lowest BCUT2D eigenvalue weighted by molar-refractivity contribution is -0.167. The molecule has 2 heterocycles. The molecule has 7 heteroatoms. The van der Waals surface area contributed by atoms with E-state index in [4.69, 9.17) is 14.2 Å². The maximum absolute atomic E-state index is 13.0. The zero-order valence-corrected chi connectivity index (χ0v) is 15.8. The quantitative estimate of drug-likeness (QED) is 0.749. The number of ketones is 1. The summed E-state index contributed by atoms with van der Waals surface area (Å²) in [7, 11) is 4.45. The van der Waals surface area contributed by atoms with Gasteiger partial charge in [-0.05, 0) is 36.1 Å². The summed E-state index contributed by atoms with van der Waals surface area (Å²) in [5.74, 6) is 0.557. The number of nitrogens with zero attached hydrogens (tertiary/aromatic N) is 1. The molecule has 27 heavy (non-hydrogen) atoms. The first-order valence-electron chi connectivity index (χ1n) is 9.09. The molecule has 7 nitrogen and oxygen atoms in total. The molecule has 1 aliphatic carbocycles. The van der Waals surface area contributed by atoms with Gasteiger partial charge in [-0.3, -0.25) is 14.4 Å². The van der Waals surface area contributed by atoms with Gasteiger partial charge in [-0.1, -0.05) is 0 Å². The van der Waals surface area contributed by atoms with Crippen LogP contribution in [0.4, 0.5) is 0 Å². The molecule has 2 atom stereocenters. The third kappa shape index (κ3) is 2.11. The lowest BCUT2D eigenvalue weighted by Crippen LogP contribution is -2.60. The molecule has 1 aromatic rings. The van der Waals surface area contributed by atoms with Gasteiger partial charge in [0.15, 0.2) is 11.5 Å². The zero-order valence-electron chi connectivity index (χ0n) is 15.8. The first kappa shape index (κ1) is 17.8. The number of hydrogen-bond acceptors (Lipinski definition) is 6. The average molecular weight is 373 g/mol. The predicted octanol–water partition coefficient (Wildman–Crippen LogP) is 1.60. The van der Waals surface area contributed by atoms with Crippen LogP contribution in [0, 0.1) is 5.41 Å². The maximum atomic E-state index is 13.0. The number of fused-ring (bicyclic) bond motifs is 1. The largest absolute Gasteiger partial charge is 0.493 e. The predicted molar refractivity (Wildman–Crippen MR) is 94.6 cm³/mol. The fourth-order valence-corrected chi connectivity index (χ4v) is 5.41. The Kier molecular flexibility index (Phi) is 3.94. The normalized spacial score (nSPS) is 28.9. The Morgan fingerprint density at radius 2 is 1.74 bits per heavy atom. The number of carbonyl (C=O) groups is 3. The topological polar surface area (TPSA) is 82.1 Å². The van der Waals surface area contributed by atoms with Crippen LogP contribution >= 0.6 is 0 Å². The molecule has 0 radical (unpaired) electrons. The van der Waals surface area contributed by atoms with Crippen molar-refractivity contribution in [3.63, 3.8) is 0 Å². The van der Waals surface area contributed by atoms with E-state index in [2.05, 4.69) is 0 Å². The lowest BCUT2D eigenvalue weighted by atomic mass is 9.56. The Bertz CT molecular complexity index is 849. The fraction of sp³-hybridized carbons (Fsp3) is 0.550. The molecular formula is C20H23NO6. The van der Waals surface area contributed by atoms with Gasteiger partial charge in [0.25, 0.3) is 0 Å². The van der Waals surface area contributed by atoms with E-state index < -0.39 is 16.9 Å². The van der Waals surface area contributed by atoms with Crippen LogP contribution in [-0.4, -0.2) is 50.4 Å². The molecule has 0 unspecified atom stereocenters. The molecule has 2 fully saturated rings. The van der Waals surface area contributed by atoms with E-state index in [-0.39, 0.29) is 24.5 Å². The van der Waals surface area contributed by atoms with Gasteiger partial charge in [0, 0.05) is 25.8 Å². The number of amides is 1. The molecule has 1 spiro atoms. The molecule has 1 aromatic carbocycles. The monoisotopic (exact) mass is 373 g/mol. The first-order valence-corrected chi connectivity index (χ1v) is 9.09. The molecule has 0 N–H and O–H groups in total. The standard InChI is InChI=1S/C20H23NO6/c1-25-15-8-12-5-7-21-17(23)11-19(18(24)27-3)10-13(22)4-6-20(19,21)14(12)9-16(15)26-2/h8-9H,4-7,10-11H2,1-3H3/t19-,20-/m1/s1. The highest BCUT2D eigenvalue weighted by Crippen LogP contribution is 2.63. The highest BCUT2D eigenvalue weighted by molar-refractivity contribution is 5.98. The van der Waals surface area contributed by atoms with Gasteiger partial charge < -0.3 is 19.1 Å². The SMILES string of the molecule is COC(=O)[C@]12CC(=O)CC[C@@]13c1cc(OC)c(OC)cc1CCN3C(=O)C2. The van der Waals surface area contributed by atoms with Gasteiger partial charge in [-0.25, -0.2) is 0 Å². The molecule has 3 aliphatic rings. The van der Waals surface area contributed by atoms with Crippen LogP contribution in [0.2, 0.25) is 0 Å². The van der Waals surface area contributed by atoms with E-state index in [0.717, 1.165) is 11.1 Å². The van der Waals surface area contributed by atoms with Crippen LogP contribution in [0.5, 0.6) is 11.5 Å². The summed E-state index contributed by atoms with van der Waals surface area (Å²) in [4.78, 5) is 40.1. The molecular weight excluding hydrogens is 350 g/mol. The van der Waals surface area contributed by atoms with Gasteiger partial charge in [0.05, 0.1) is 26.9 Å². The number of esters is 1. The summed E-state index contributed by atoms with van der Waals surface area (Å²) in [6.07, 6.45) is 1.43. The van der Waals surface area contributed by atoms with Gasteiger partial charge in [-0.15, -0.1) is 0 Å². The van der Waals surface area contributed by atoms with Crippen molar-refractivity contribution in [2.75, 3.05) is 27.9 Å². The maximum Gasteiger partial charge on any atom is 0.315 e. The summed E-state index contributed by atoms with van der Waals surface area (Å²) >= 11 is 0. The number of Topliss-reactive ketones (excluding diaryl/α,β-unsaturated/α-hetero) is 1. The van der Waals surface area contributed by atoms with E-state index in [1.165, 1.54) is 7.11 Å². The van der Waals surface area contributed by atoms with Gasteiger partial charge in [0.2, 0.25) is 5.91 Å². The molecule has 1 amide bonds. The Hall–Kier alpha value is -2.57. The van der Waals surface area contributed by atoms with E-state index >= 15 is 0 Å². The van der Waals surface area contributed by atoms with Crippen molar-refractivity contribution < 1.29 is 28.6 Å². The fourth-order valence-electron chi connectivity index (χ4n) is 5.41. The van der Waals surface area contributed by atoms with Gasteiger partial charge in [-0.2, -0.15) is 0 Å². The third-order valence-corrected chi connectivity index (χ3v) is 6.51. The molecule has 144 valence electrons. The van der Waals surface area contributed by atoms with Crippen LogP contribution in [0.3, 0.4) is 0 Å².